The monoisotopic (exact) mass is 362 g/mol. The number of esters is 1. The van der Waals surface area contributed by atoms with Gasteiger partial charge in [0.05, 0.1) is 6.61 Å². The summed E-state index contributed by atoms with van der Waals surface area (Å²) in [6.45, 7) is 4.98. The van der Waals surface area contributed by atoms with Crippen molar-refractivity contribution >= 4 is 5.97 Å². The van der Waals surface area contributed by atoms with Gasteiger partial charge in [0.15, 0.2) is 0 Å². The maximum absolute atomic E-state index is 11.7. The lowest BCUT2D eigenvalue weighted by Crippen LogP contribution is -2.25. The van der Waals surface area contributed by atoms with E-state index in [1.54, 1.807) is 6.08 Å². The van der Waals surface area contributed by atoms with Crippen LogP contribution in [0.15, 0.2) is 12.2 Å². The van der Waals surface area contributed by atoms with E-state index in [1.165, 1.54) is 77.0 Å². The first-order chi connectivity index (χ1) is 12.7. The van der Waals surface area contributed by atoms with E-state index in [-0.39, 0.29) is 5.97 Å². The van der Waals surface area contributed by atoms with Gasteiger partial charge in [0.2, 0.25) is 0 Å². The van der Waals surface area contributed by atoms with E-state index in [1.807, 2.05) is 0 Å². The highest BCUT2D eigenvalue weighted by Gasteiger charge is 2.30. The number of carbonyl (C=O) groups is 1. The third-order valence-electron chi connectivity index (χ3n) is 6.84. The number of rotatable bonds is 10. The van der Waals surface area contributed by atoms with Crippen molar-refractivity contribution in [2.75, 3.05) is 6.61 Å². The van der Waals surface area contributed by atoms with Gasteiger partial charge >= 0.3 is 5.97 Å². The third-order valence-corrected chi connectivity index (χ3v) is 6.84. The molecular weight excluding hydrogens is 320 g/mol. The van der Waals surface area contributed by atoms with Crippen LogP contribution in [0.3, 0.4) is 0 Å². The Balaban J connectivity index is 1.60. The van der Waals surface area contributed by atoms with Gasteiger partial charge in [0.1, 0.15) is 0 Å². The summed E-state index contributed by atoms with van der Waals surface area (Å²) in [5.41, 5.74) is 0. The first kappa shape index (κ1) is 21.5. The second-order valence-electron chi connectivity index (χ2n) is 8.83. The fraction of sp³-hybridized carbons (Fsp3) is 0.875. The van der Waals surface area contributed by atoms with Crippen LogP contribution >= 0.6 is 0 Å². The van der Waals surface area contributed by atoms with Gasteiger partial charge < -0.3 is 4.74 Å². The molecule has 0 aromatic heterocycles. The molecule has 0 heterocycles. The zero-order valence-electron chi connectivity index (χ0n) is 17.4. The van der Waals surface area contributed by atoms with E-state index in [9.17, 15) is 4.79 Å². The van der Waals surface area contributed by atoms with Crippen LogP contribution < -0.4 is 0 Å². The van der Waals surface area contributed by atoms with Gasteiger partial charge in [-0.05, 0) is 68.6 Å². The van der Waals surface area contributed by atoms with Gasteiger partial charge in [0.25, 0.3) is 0 Å². The Labute approximate surface area is 162 Å². The van der Waals surface area contributed by atoms with Crippen LogP contribution in [0.2, 0.25) is 0 Å². The molecule has 0 radical (unpaired) electrons. The standard InChI is InChI=1S/C24H42O2/c1-3-5-7-8-20-9-14-22(15-10-20)23-16-11-21(12-17-23)13-18-24(25)26-19-6-4-2/h13,18,20-23H,3-12,14-17,19H2,1-2H3/b18-13+. The average molecular weight is 363 g/mol. The number of hydrogen-bond acceptors (Lipinski definition) is 2. The molecule has 0 atom stereocenters. The molecule has 2 aliphatic carbocycles. The predicted octanol–water partition coefficient (Wildman–Crippen LogP) is 7.08. The Morgan fingerprint density at radius 3 is 2.08 bits per heavy atom. The molecule has 0 spiro atoms. The van der Waals surface area contributed by atoms with Crippen LogP contribution in [0.25, 0.3) is 0 Å². The van der Waals surface area contributed by atoms with E-state index in [2.05, 4.69) is 19.9 Å². The lowest BCUT2D eigenvalue weighted by atomic mass is 9.68. The van der Waals surface area contributed by atoms with Crippen LogP contribution in [0, 0.1) is 23.7 Å². The lowest BCUT2D eigenvalue weighted by molar-refractivity contribution is -0.137. The first-order valence-electron chi connectivity index (χ1n) is 11.6. The molecule has 26 heavy (non-hydrogen) atoms. The molecule has 0 aliphatic heterocycles. The molecule has 0 bridgehead atoms. The lowest BCUT2D eigenvalue weighted by Gasteiger charge is -2.37. The highest BCUT2D eigenvalue weighted by Crippen LogP contribution is 2.42. The van der Waals surface area contributed by atoms with Crippen molar-refractivity contribution in [1.82, 2.24) is 0 Å². The van der Waals surface area contributed by atoms with Gasteiger partial charge in [0, 0.05) is 6.08 Å². The smallest absolute Gasteiger partial charge is 0.330 e. The van der Waals surface area contributed by atoms with Gasteiger partial charge in [-0.25, -0.2) is 4.79 Å². The molecule has 150 valence electrons. The summed E-state index contributed by atoms with van der Waals surface area (Å²) < 4.78 is 5.21. The van der Waals surface area contributed by atoms with Crippen molar-refractivity contribution in [1.29, 1.82) is 0 Å². The molecule has 2 saturated carbocycles. The summed E-state index contributed by atoms with van der Waals surface area (Å²) in [5, 5.41) is 0. The Hall–Kier alpha value is -0.790. The first-order valence-corrected chi connectivity index (χ1v) is 11.6. The van der Waals surface area contributed by atoms with Crippen molar-refractivity contribution in [2.24, 2.45) is 23.7 Å². The molecular formula is C24H42O2. The number of ether oxygens (including phenoxy) is 1. The molecule has 0 aromatic rings. The highest BCUT2D eigenvalue weighted by atomic mass is 16.5. The fourth-order valence-corrected chi connectivity index (χ4v) is 5.02. The van der Waals surface area contributed by atoms with Crippen LogP contribution in [-0.4, -0.2) is 12.6 Å². The largest absolute Gasteiger partial charge is 0.463 e. The molecule has 2 nitrogen and oxygen atoms in total. The maximum Gasteiger partial charge on any atom is 0.330 e. The fourth-order valence-electron chi connectivity index (χ4n) is 5.02. The number of allylic oxidation sites excluding steroid dienone is 1. The molecule has 0 saturated heterocycles. The van der Waals surface area contributed by atoms with Crippen LogP contribution in [-0.2, 0) is 9.53 Å². The van der Waals surface area contributed by atoms with Crippen LogP contribution in [0.5, 0.6) is 0 Å². The predicted molar refractivity (Wildman–Crippen MR) is 110 cm³/mol. The van der Waals surface area contributed by atoms with E-state index in [0.717, 1.165) is 30.6 Å². The minimum atomic E-state index is -0.151. The Bertz CT molecular complexity index is 398. The summed E-state index contributed by atoms with van der Waals surface area (Å²) in [5.74, 6) is 3.40. The van der Waals surface area contributed by atoms with E-state index in [0.29, 0.717) is 12.5 Å². The van der Waals surface area contributed by atoms with Gasteiger partial charge in [-0.15, -0.1) is 0 Å². The summed E-state index contributed by atoms with van der Waals surface area (Å²) in [6, 6.07) is 0. The number of hydrogen-bond donors (Lipinski definition) is 0. The minimum Gasteiger partial charge on any atom is -0.463 e. The third kappa shape index (κ3) is 7.84. The highest BCUT2D eigenvalue weighted by molar-refractivity contribution is 5.81. The Morgan fingerprint density at radius 1 is 0.846 bits per heavy atom. The van der Waals surface area contributed by atoms with Gasteiger partial charge in [-0.3, -0.25) is 0 Å². The molecule has 0 amide bonds. The van der Waals surface area contributed by atoms with E-state index < -0.39 is 0 Å². The van der Waals surface area contributed by atoms with E-state index in [4.69, 9.17) is 4.74 Å². The number of unbranched alkanes of at least 4 members (excludes halogenated alkanes) is 3. The van der Waals surface area contributed by atoms with Crippen molar-refractivity contribution < 1.29 is 9.53 Å². The molecule has 0 unspecified atom stereocenters. The molecule has 2 heteroatoms. The van der Waals surface area contributed by atoms with Crippen molar-refractivity contribution in [3.05, 3.63) is 12.2 Å². The zero-order valence-corrected chi connectivity index (χ0v) is 17.4. The van der Waals surface area contributed by atoms with Crippen molar-refractivity contribution in [3.63, 3.8) is 0 Å². The van der Waals surface area contributed by atoms with Crippen molar-refractivity contribution in [3.8, 4) is 0 Å². The number of carbonyl (C=O) groups excluding carboxylic acids is 1. The summed E-state index contributed by atoms with van der Waals surface area (Å²) in [4.78, 5) is 11.7. The van der Waals surface area contributed by atoms with Gasteiger partial charge in [-0.1, -0.05) is 64.9 Å². The second-order valence-corrected chi connectivity index (χ2v) is 8.83. The molecule has 2 aliphatic rings. The average Bonchev–Trinajstić information content (AvgIpc) is 2.68. The van der Waals surface area contributed by atoms with Crippen LogP contribution in [0.4, 0.5) is 0 Å². The minimum absolute atomic E-state index is 0.151. The topological polar surface area (TPSA) is 26.3 Å². The molecule has 2 fully saturated rings. The quantitative estimate of drug-likeness (QED) is 0.236. The second kappa shape index (κ2) is 12.6. The van der Waals surface area contributed by atoms with Gasteiger partial charge in [-0.2, -0.15) is 0 Å². The maximum atomic E-state index is 11.7. The normalized spacial score (nSPS) is 29.8. The van der Waals surface area contributed by atoms with E-state index >= 15 is 0 Å². The van der Waals surface area contributed by atoms with Crippen molar-refractivity contribution in [2.45, 2.75) is 104 Å². The summed E-state index contributed by atoms with van der Waals surface area (Å²) in [7, 11) is 0. The Kier molecular flexibility index (Phi) is 10.4. The zero-order chi connectivity index (χ0) is 18.6. The summed E-state index contributed by atoms with van der Waals surface area (Å²) in [6.07, 6.45) is 22.7. The van der Waals surface area contributed by atoms with Crippen LogP contribution in [0.1, 0.15) is 104 Å². The SMILES string of the molecule is CCCCCC1CCC(C2CCC(/C=C/C(=O)OCCCC)CC2)CC1. The Morgan fingerprint density at radius 2 is 1.46 bits per heavy atom. The summed E-state index contributed by atoms with van der Waals surface area (Å²) >= 11 is 0. The molecule has 0 aromatic carbocycles. The molecule has 0 N–H and O–H groups in total. The molecule has 2 rings (SSSR count).